The molecule has 0 aliphatic rings. The lowest BCUT2D eigenvalue weighted by molar-refractivity contribution is -0.116. The molecule has 0 aliphatic heterocycles. The van der Waals surface area contributed by atoms with Gasteiger partial charge in [0.05, 0.1) is 0 Å². The van der Waals surface area contributed by atoms with Gasteiger partial charge in [-0.2, -0.15) is 0 Å². The molecule has 0 fully saturated rings. The minimum Gasteiger partial charge on any atom is -0.440 e. The van der Waals surface area contributed by atoms with E-state index in [1.165, 1.54) is 24.3 Å². The van der Waals surface area contributed by atoms with Crippen molar-refractivity contribution in [1.82, 2.24) is 10.3 Å². The number of hydrogen-bond acceptors (Lipinski definition) is 4. The van der Waals surface area contributed by atoms with Gasteiger partial charge in [0.25, 0.3) is 5.91 Å². The van der Waals surface area contributed by atoms with E-state index < -0.39 is 5.82 Å². The summed E-state index contributed by atoms with van der Waals surface area (Å²) >= 11 is 0. The van der Waals surface area contributed by atoms with Crippen molar-refractivity contribution in [3.05, 3.63) is 59.7 Å². The normalized spacial score (nSPS) is 11.4. The third-order valence-corrected chi connectivity index (χ3v) is 4.29. The third kappa shape index (κ3) is 5.40. The molecule has 152 valence electrons. The van der Waals surface area contributed by atoms with Gasteiger partial charge in [-0.25, -0.2) is 9.37 Å². The summed E-state index contributed by atoms with van der Waals surface area (Å²) in [7, 11) is 0. The second-order valence-corrected chi connectivity index (χ2v) is 7.87. The number of anilines is 1. The van der Waals surface area contributed by atoms with Crippen LogP contribution in [0.2, 0.25) is 0 Å². The maximum Gasteiger partial charge on any atom is 0.251 e. The van der Waals surface area contributed by atoms with Crippen molar-refractivity contribution >= 4 is 28.6 Å². The number of nitrogens with one attached hydrogen (secondary N) is 2. The van der Waals surface area contributed by atoms with E-state index in [2.05, 4.69) is 15.6 Å². The fourth-order valence-electron chi connectivity index (χ4n) is 2.70. The van der Waals surface area contributed by atoms with Gasteiger partial charge in [0, 0.05) is 29.6 Å². The molecule has 0 unspecified atom stereocenters. The number of nitrogens with zero attached hydrogens (tertiary/aromatic N) is 1. The highest BCUT2D eigenvalue weighted by molar-refractivity contribution is 5.94. The van der Waals surface area contributed by atoms with Gasteiger partial charge in [0.2, 0.25) is 11.8 Å². The van der Waals surface area contributed by atoms with Crippen LogP contribution >= 0.6 is 0 Å². The Labute approximate surface area is 168 Å². The van der Waals surface area contributed by atoms with Crippen LogP contribution in [0.4, 0.5) is 10.1 Å². The van der Waals surface area contributed by atoms with E-state index in [9.17, 15) is 14.0 Å². The van der Waals surface area contributed by atoms with E-state index in [4.69, 9.17) is 4.42 Å². The van der Waals surface area contributed by atoms with Crippen LogP contribution in [0.3, 0.4) is 0 Å². The molecular formula is C22H24FN3O3. The van der Waals surface area contributed by atoms with Gasteiger partial charge in [-0.05, 0) is 48.9 Å². The predicted molar refractivity (Wildman–Crippen MR) is 109 cm³/mol. The quantitative estimate of drug-likeness (QED) is 0.604. The highest BCUT2D eigenvalue weighted by Gasteiger charge is 2.21. The van der Waals surface area contributed by atoms with E-state index in [-0.39, 0.29) is 23.7 Å². The molecule has 0 saturated heterocycles. The monoisotopic (exact) mass is 397 g/mol. The van der Waals surface area contributed by atoms with Crippen LogP contribution in [-0.4, -0.2) is 23.3 Å². The topological polar surface area (TPSA) is 84.2 Å². The Morgan fingerprint density at radius 1 is 1.10 bits per heavy atom. The molecule has 2 N–H and O–H groups in total. The molecule has 0 atom stereocenters. The molecule has 0 radical (unpaired) electrons. The first-order valence-electron chi connectivity index (χ1n) is 9.47. The molecule has 29 heavy (non-hydrogen) atoms. The second kappa shape index (κ2) is 8.43. The van der Waals surface area contributed by atoms with E-state index in [0.717, 1.165) is 0 Å². The number of hydrogen-bond donors (Lipinski definition) is 2. The van der Waals surface area contributed by atoms with Crippen molar-refractivity contribution in [2.24, 2.45) is 0 Å². The Morgan fingerprint density at radius 3 is 2.52 bits per heavy atom. The fourth-order valence-corrected chi connectivity index (χ4v) is 2.70. The molecule has 1 aromatic heterocycles. The lowest BCUT2D eigenvalue weighted by atomic mass is 9.97. The largest absolute Gasteiger partial charge is 0.440 e. The summed E-state index contributed by atoms with van der Waals surface area (Å²) in [6.45, 7) is 6.42. The Kier molecular flexibility index (Phi) is 5.96. The molecule has 0 spiro atoms. The average molecular weight is 397 g/mol. The van der Waals surface area contributed by atoms with Gasteiger partial charge >= 0.3 is 0 Å². The number of halogens is 1. The summed E-state index contributed by atoms with van der Waals surface area (Å²) < 4.78 is 18.6. The van der Waals surface area contributed by atoms with Gasteiger partial charge in [-0.1, -0.05) is 20.8 Å². The van der Waals surface area contributed by atoms with Crippen molar-refractivity contribution in [2.75, 3.05) is 11.9 Å². The zero-order valence-electron chi connectivity index (χ0n) is 16.7. The van der Waals surface area contributed by atoms with Crippen LogP contribution < -0.4 is 10.6 Å². The number of rotatable bonds is 6. The molecule has 3 aromatic rings. The second-order valence-electron chi connectivity index (χ2n) is 7.87. The minimum atomic E-state index is -0.392. The molecule has 0 saturated carbocycles. The Bertz CT molecular complexity index is 1020. The molecule has 3 rings (SSSR count). The van der Waals surface area contributed by atoms with Crippen LogP contribution in [0.1, 0.15) is 49.9 Å². The number of oxazole rings is 1. The SMILES string of the molecule is CC(C)(C)c1nc2cc(NC(=O)CCCNC(=O)c3ccc(F)cc3)ccc2o1. The summed E-state index contributed by atoms with van der Waals surface area (Å²) in [5.41, 5.74) is 2.20. The van der Waals surface area contributed by atoms with E-state index in [1.807, 2.05) is 20.8 Å². The van der Waals surface area contributed by atoms with Crippen LogP contribution in [0.25, 0.3) is 11.1 Å². The first-order valence-corrected chi connectivity index (χ1v) is 9.47. The van der Waals surface area contributed by atoms with Gasteiger partial charge < -0.3 is 15.1 Å². The van der Waals surface area contributed by atoms with Crippen LogP contribution in [-0.2, 0) is 10.2 Å². The lowest BCUT2D eigenvalue weighted by Crippen LogP contribution is -2.25. The highest BCUT2D eigenvalue weighted by atomic mass is 19.1. The first-order chi connectivity index (χ1) is 13.7. The summed E-state index contributed by atoms with van der Waals surface area (Å²) in [6.07, 6.45) is 0.743. The zero-order valence-corrected chi connectivity index (χ0v) is 16.7. The number of carbonyl (C=O) groups is 2. The molecule has 0 bridgehead atoms. The average Bonchev–Trinajstić information content (AvgIpc) is 3.09. The predicted octanol–water partition coefficient (Wildman–Crippen LogP) is 4.41. The van der Waals surface area contributed by atoms with Gasteiger partial charge in [0.15, 0.2) is 5.58 Å². The number of amides is 2. The Hall–Kier alpha value is -3.22. The molecule has 2 amide bonds. The summed E-state index contributed by atoms with van der Waals surface area (Å²) in [5, 5.41) is 5.55. The highest BCUT2D eigenvalue weighted by Crippen LogP contribution is 2.27. The number of benzene rings is 2. The summed E-state index contributed by atoms with van der Waals surface area (Å²) in [6, 6.07) is 10.6. The van der Waals surface area contributed by atoms with Gasteiger partial charge in [-0.15, -0.1) is 0 Å². The standard InChI is InChI=1S/C22H24FN3O3/c1-22(2,3)21-26-17-13-16(10-11-18(17)29-21)25-19(27)5-4-12-24-20(28)14-6-8-15(23)9-7-14/h6-11,13H,4-5,12H2,1-3H3,(H,24,28)(H,25,27). The lowest BCUT2D eigenvalue weighted by Gasteiger charge is -2.11. The van der Waals surface area contributed by atoms with Crippen molar-refractivity contribution < 1.29 is 18.4 Å². The van der Waals surface area contributed by atoms with Crippen LogP contribution in [0.15, 0.2) is 46.9 Å². The van der Waals surface area contributed by atoms with Crippen LogP contribution in [0, 0.1) is 5.82 Å². The minimum absolute atomic E-state index is 0.153. The molecule has 2 aromatic carbocycles. The summed E-state index contributed by atoms with van der Waals surface area (Å²) in [4.78, 5) is 28.6. The maximum atomic E-state index is 12.9. The van der Waals surface area contributed by atoms with Gasteiger partial charge in [0.1, 0.15) is 11.3 Å². The van der Waals surface area contributed by atoms with Crippen molar-refractivity contribution in [3.63, 3.8) is 0 Å². The van der Waals surface area contributed by atoms with Crippen molar-refractivity contribution in [2.45, 2.75) is 39.0 Å². The Balaban J connectivity index is 1.48. The molecule has 1 heterocycles. The molecule has 7 heteroatoms. The number of aromatic nitrogens is 1. The molecular weight excluding hydrogens is 373 g/mol. The van der Waals surface area contributed by atoms with Crippen molar-refractivity contribution in [1.29, 1.82) is 0 Å². The fraction of sp³-hybridized carbons (Fsp3) is 0.318. The number of carbonyl (C=O) groups excluding carboxylic acids is 2. The van der Waals surface area contributed by atoms with E-state index in [1.54, 1.807) is 18.2 Å². The van der Waals surface area contributed by atoms with E-state index in [0.29, 0.717) is 41.2 Å². The zero-order chi connectivity index (χ0) is 21.0. The smallest absolute Gasteiger partial charge is 0.251 e. The summed E-state index contributed by atoms with van der Waals surface area (Å²) in [5.74, 6) is -0.194. The maximum absolute atomic E-state index is 12.9. The Morgan fingerprint density at radius 2 is 1.83 bits per heavy atom. The van der Waals surface area contributed by atoms with E-state index >= 15 is 0 Å². The van der Waals surface area contributed by atoms with Gasteiger partial charge in [-0.3, -0.25) is 9.59 Å². The van der Waals surface area contributed by atoms with Crippen LogP contribution in [0.5, 0.6) is 0 Å². The van der Waals surface area contributed by atoms with Crippen molar-refractivity contribution in [3.8, 4) is 0 Å². The molecule has 0 aliphatic carbocycles. The number of fused-ring (bicyclic) bond motifs is 1. The third-order valence-electron chi connectivity index (χ3n) is 4.29. The molecule has 6 nitrogen and oxygen atoms in total. The first kappa shape index (κ1) is 20.5.